The Morgan fingerprint density at radius 1 is 1.19 bits per heavy atom. The Labute approximate surface area is 195 Å². The first-order chi connectivity index (χ1) is 14.6. The molecule has 1 fully saturated rings. The second-order valence-corrected chi connectivity index (χ2v) is 9.04. The van der Waals surface area contributed by atoms with E-state index in [1.165, 1.54) is 0 Å². The number of carbonyl (C=O) groups excluding carboxylic acids is 3. The minimum absolute atomic E-state index is 0.260. The van der Waals surface area contributed by atoms with E-state index in [9.17, 15) is 14.4 Å². The highest BCUT2D eigenvalue weighted by molar-refractivity contribution is 8.18. The van der Waals surface area contributed by atoms with Gasteiger partial charge in [-0.1, -0.05) is 30.1 Å². The van der Waals surface area contributed by atoms with Crippen LogP contribution in [0.5, 0.6) is 0 Å². The fourth-order valence-corrected chi connectivity index (χ4v) is 4.33. The van der Waals surface area contributed by atoms with E-state index in [1.807, 2.05) is 37.5 Å². The highest BCUT2D eigenvalue weighted by Crippen LogP contribution is 2.34. The van der Waals surface area contributed by atoms with Crippen molar-refractivity contribution < 1.29 is 19.1 Å². The number of benzene rings is 1. The van der Waals surface area contributed by atoms with Gasteiger partial charge in [-0.05, 0) is 74.9 Å². The summed E-state index contributed by atoms with van der Waals surface area (Å²) in [5, 5.41) is 0.419. The zero-order valence-corrected chi connectivity index (χ0v) is 19.9. The molecule has 1 saturated heterocycles. The van der Waals surface area contributed by atoms with Crippen molar-refractivity contribution in [2.45, 2.75) is 40.2 Å². The van der Waals surface area contributed by atoms with Crippen molar-refractivity contribution >= 4 is 58.2 Å². The van der Waals surface area contributed by atoms with Gasteiger partial charge in [-0.2, -0.15) is 0 Å². The molecule has 1 aliphatic heterocycles. The fraction of sp³-hybridized carbons (Fsp3) is 0.318. The lowest BCUT2D eigenvalue weighted by atomic mass is 10.2. The summed E-state index contributed by atoms with van der Waals surface area (Å²) in [7, 11) is 0. The number of amides is 2. The number of aromatic nitrogens is 1. The van der Waals surface area contributed by atoms with Gasteiger partial charge in [0.25, 0.3) is 11.1 Å². The first kappa shape index (κ1) is 23.4. The minimum Gasteiger partial charge on any atom is -0.461 e. The number of nitrogens with zero attached hydrogens (tertiary/aromatic N) is 2. The number of imide groups is 1. The van der Waals surface area contributed by atoms with E-state index in [1.54, 1.807) is 25.1 Å². The standard InChI is InChI=1S/C22H22Cl2N2O4S/c1-5-13(3)30-20(27)11-25-21(28)19(31-22(25)29)9-15-8-12(2)26(14(15)4)16-6-7-17(23)18(24)10-16/h6-10,13H,5,11H2,1-4H3/b19-9-/t13-/m1/s1. The predicted molar refractivity (Wildman–Crippen MR) is 124 cm³/mol. The van der Waals surface area contributed by atoms with Crippen molar-refractivity contribution in [2.75, 3.05) is 6.54 Å². The maximum atomic E-state index is 12.7. The van der Waals surface area contributed by atoms with Crippen LogP contribution in [-0.2, 0) is 14.3 Å². The van der Waals surface area contributed by atoms with Gasteiger partial charge < -0.3 is 9.30 Å². The van der Waals surface area contributed by atoms with Crippen LogP contribution in [0.4, 0.5) is 4.79 Å². The molecule has 6 nitrogen and oxygen atoms in total. The number of hydrogen-bond donors (Lipinski definition) is 0. The smallest absolute Gasteiger partial charge is 0.326 e. The summed E-state index contributed by atoms with van der Waals surface area (Å²) in [6.45, 7) is 7.09. The van der Waals surface area contributed by atoms with Crippen molar-refractivity contribution in [3.8, 4) is 5.69 Å². The van der Waals surface area contributed by atoms with Crippen molar-refractivity contribution in [2.24, 2.45) is 0 Å². The first-order valence-corrected chi connectivity index (χ1v) is 11.3. The largest absolute Gasteiger partial charge is 0.461 e. The third-order valence-electron chi connectivity index (χ3n) is 4.99. The third kappa shape index (κ3) is 5.00. The van der Waals surface area contributed by atoms with Crippen LogP contribution in [0.15, 0.2) is 29.2 Å². The van der Waals surface area contributed by atoms with Gasteiger partial charge in [0.2, 0.25) is 0 Å². The minimum atomic E-state index is -0.601. The number of aryl methyl sites for hydroxylation is 1. The Morgan fingerprint density at radius 3 is 2.55 bits per heavy atom. The summed E-state index contributed by atoms with van der Waals surface area (Å²) >= 11 is 13.0. The monoisotopic (exact) mass is 480 g/mol. The molecule has 2 heterocycles. The summed E-state index contributed by atoms with van der Waals surface area (Å²) < 4.78 is 7.17. The maximum Gasteiger partial charge on any atom is 0.326 e. The van der Waals surface area contributed by atoms with Gasteiger partial charge in [0.15, 0.2) is 0 Å². The summed E-state index contributed by atoms with van der Waals surface area (Å²) in [4.78, 5) is 38.2. The van der Waals surface area contributed by atoms with Crippen LogP contribution in [0, 0.1) is 13.8 Å². The fourth-order valence-electron chi connectivity index (χ4n) is 3.21. The molecule has 31 heavy (non-hydrogen) atoms. The lowest BCUT2D eigenvalue weighted by molar-refractivity contribution is -0.150. The Balaban J connectivity index is 1.85. The van der Waals surface area contributed by atoms with Gasteiger partial charge >= 0.3 is 5.97 Å². The molecular formula is C22H22Cl2N2O4S. The van der Waals surface area contributed by atoms with Crippen LogP contribution in [0.3, 0.4) is 0 Å². The zero-order valence-electron chi connectivity index (χ0n) is 17.6. The van der Waals surface area contributed by atoms with Gasteiger partial charge in [0, 0.05) is 17.1 Å². The van der Waals surface area contributed by atoms with Gasteiger partial charge in [-0.25, -0.2) is 0 Å². The lowest BCUT2D eigenvalue weighted by Crippen LogP contribution is -2.35. The van der Waals surface area contributed by atoms with Gasteiger partial charge in [-0.3, -0.25) is 19.3 Å². The van der Waals surface area contributed by atoms with E-state index in [0.717, 1.165) is 39.3 Å². The highest BCUT2D eigenvalue weighted by atomic mass is 35.5. The van der Waals surface area contributed by atoms with E-state index in [-0.39, 0.29) is 11.0 Å². The molecule has 0 bridgehead atoms. The predicted octanol–water partition coefficient (Wildman–Crippen LogP) is 5.78. The van der Waals surface area contributed by atoms with Crippen molar-refractivity contribution in [1.29, 1.82) is 0 Å². The van der Waals surface area contributed by atoms with Gasteiger partial charge in [0.05, 0.1) is 21.1 Å². The van der Waals surface area contributed by atoms with E-state index >= 15 is 0 Å². The SMILES string of the molecule is CC[C@@H](C)OC(=O)CN1C(=O)S/C(=C\c2cc(C)n(-c3ccc(Cl)c(Cl)c3)c2C)C1=O. The number of rotatable bonds is 6. The van der Waals surface area contributed by atoms with Crippen molar-refractivity contribution in [3.63, 3.8) is 0 Å². The summed E-state index contributed by atoms with van der Waals surface area (Å²) in [5.41, 5.74) is 3.43. The number of thioether (sulfide) groups is 1. The normalized spacial score (nSPS) is 16.3. The molecule has 2 aromatic rings. The molecule has 1 aliphatic rings. The zero-order chi connectivity index (χ0) is 22.9. The molecule has 0 saturated carbocycles. The summed E-state index contributed by atoms with van der Waals surface area (Å²) in [5.74, 6) is -1.11. The van der Waals surface area contributed by atoms with Gasteiger partial charge in [-0.15, -0.1) is 0 Å². The molecule has 0 N–H and O–H groups in total. The van der Waals surface area contributed by atoms with E-state index in [2.05, 4.69) is 0 Å². The molecule has 0 unspecified atom stereocenters. The molecule has 0 radical (unpaired) electrons. The van der Waals surface area contributed by atoms with Gasteiger partial charge in [0.1, 0.15) is 6.54 Å². The molecule has 1 atom stereocenters. The van der Waals surface area contributed by atoms with Crippen LogP contribution in [-0.4, -0.2) is 39.2 Å². The Bertz CT molecular complexity index is 1090. The quantitative estimate of drug-likeness (QED) is 0.387. The van der Waals surface area contributed by atoms with Crippen molar-refractivity contribution in [1.82, 2.24) is 9.47 Å². The number of halogens is 2. The number of esters is 1. The molecule has 9 heteroatoms. The average Bonchev–Trinajstić information content (AvgIpc) is 3.13. The molecule has 0 aliphatic carbocycles. The molecule has 0 spiro atoms. The second kappa shape index (κ2) is 9.51. The van der Waals surface area contributed by atoms with Crippen LogP contribution < -0.4 is 0 Å². The maximum absolute atomic E-state index is 12.7. The number of hydrogen-bond acceptors (Lipinski definition) is 5. The van der Waals surface area contributed by atoms with Crippen LogP contribution >= 0.6 is 35.0 Å². The second-order valence-electron chi connectivity index (χ2n) is 7.24. The van der Waals surface area contributed by atoms with Crippen LogP contribution in [0.1, 0.15) is 37.2 Å². The lowest BCUT2D eigenvalue weighted by Gasteiger charge is -2.14. The van der Waals surface area contributed by atoms with E-state index in [4.69, 9.17) is 27.9 Å². The molecule has 3 rings (SSSR count). The van der Waals surface area contributed by atoms with E-state index in [0.29, 0.717) is 16.5 Å². The average molecular weight is 481 g/mol. The summed E-state index contributed by atoms with van der Waals surface area (Å²) in [6.07, 6.45) is 2.05. The van der Waals surface area contributed by atoms with Crippen LogP contribution in [0.25, 0.3) is 11.8 Å². The molecule has 2 amide bonds. The topological polar surface area (TPSA) is 68.6 Å². The molecule has 1 aromatic carbocycles. The highest BCUT2D eigenvalue weighted by Gasteiger charge is 2.37. The summed E-state index contributed by atoms with van der Waals surface area (Å²) in [6, 6.07) is 7.27. The number of ether oxygens (including phenoxy) is 1. The van der Waals surface area contributed by atoms with Crippen molar-refractivity contribution in [3.05, 3.63) is 56.2 Å². The first-order valence-electron chi connectivity index (χ1n) is 9.71. The molecule has 1 aromatic heterocycles. The Kier molecular flexibility index (Phi) is 7.19. The van der Waals surface area contributed by atoms with E-state index < -0.39 is 23.7 Å². The number of carbonyl (C=O) groups is 3. The molecule has 164 valence electrons. The van der Waals surface area contributed by atoms with Crippen LogP contribution in [0.2, 0.25) is 10.0 Å². The Hall–Kier alpha value is -2.22. The Morgan fingerprint density at radius 2 is 1.90 bits per heavy atom. The molecular weight excluding hydrogens is 459 g/mol. The third-order valence-corrected chi connectivity index (χ3v) is 6.63.